The zero-order valence-corrected chi connectivity index (χ0v) is 62.8. The molecule has 536 valence electrons. The predicted molar refractivity (Wildman–Crippen MR) is 449 cm³/mol. The van der Waals surface area contributed by atoms with Gasteiger partial charge in [-0.2, -0.15) is 0 Å². The van der Waals surface area contributed by atoms with Crippen molar-refractivity contribution >= 4 is 154 Å². The summed E-state index contributed by atoms with van der Waals surface area (Å²) in [7, 11) is 25.2. The van der Waals surface area contributed by atoms with Crippen LogP contribution in [-0.2, 0) is 84.6 Å². The highest BCUT2D eigenvalue weighted by Crippen LogP contribution is 2.36. The van der Waals surface area contributed by atoms with E-state index in [1.807, 2.05) is 13.8 Å². The first-order chi connectivity index (χ1) is 49.5. The number of aromatic amines is 2. The van der Waals surface area contributed by atoms with Crippen LogP contribution < -0.4 is 0 Å². The molecular weight excluding hydrogens is 1290 g/mol. The molecule has 14 aromatic heterocycles. The number of imidazole rings is 2. The average Bonchev–Trinajstić information content (AvgIpc) is 1.59. The molecule has 14 heterocycles. The van der Waals surface area contributed by atoms with Crippen molar-refractivity contribution < 1.29 is 0 Å². The van der Waals surface area contributed by atoms with E-state index in [4.69, 9.17) is 0 Å². The molecule has 0 aliphatic carbocycles. The number of H-pyrrole nitrogens is 2. The number of para-hydroxylation sites is 7. The monoisotopic (exact) mass is 1390 g/mol. The van der Waals surface area contributed by atoms with Crippen LogP contribution in [0, 0.1) is 48.5 Å². The molecule has 0 fully saturated rings. The van der Waals surface area contributed by atoms with Gasteiger partial charge in [-0.15, -0.1) is 0 Å². The van der Waals surface area contributed by atoms with Crippen molar-refractivity contribution in [3.8, 4) is 0 Å². The summed E-state index contributed by atoms with van der Waals surface area (Å²) < 4.78 is 26.5. The molecule has 0 saturated carbocycles. The van der Waals surface area contributed by atoms with Gasteiger partial charge in [0.15, 0.2) is 5.65 Å². The molecule has 0 spiro atoms. The summed E-state index contributed by atoms with van der Waals surface area (Å²) in [5.41, 5.74) is 29.0. The first-order valence-corrected chi connectivity index (χ1v) is 35.3. The Morgan fingerprint density at radius 3 is 1.33 bits per heavy atom. The van der Waals surface area contributed by atoms with E-state index in [1.54, 1.807) is 0 Å². The van der Waals surface area contributed by atoms with E-state index in [0.29, 0.717) is 0 Å². The number of hydrogen-bond acceptors (Lipinski definition) is 2. The van der Waals surface area contributed by atoms with E-state index in [-0.39, 0.29) is 14.9 Å². The molecule has 0 bridgehead atoms. The smallest absolute Gasteiger partial charge is 0.159 e. The lowest BCUT2D eigenvalue weighted by Crippen LogP contribution is -1.97. The van der Waals surface area contributed by atoms with Crippen molar-refractivity contribution in [2.45, 2.75) is 63.3 Å². The van der Waals surface area contributed by atoms with Crippen molar-refractivity contribution in [2.75, 3.05) is 0 Å². The maximum absolute atomic E-state index is 4.60. The Morgan fingerprint density at radius 1 is 0.286 bits per heavy atom. The molecule has 0 radical (unpaired) electrons. The fourth-order valence-corrected chi connectivity index (χ4v) is 16.0. The van der Waals surface area contributed by atoms with Crippen molar-refractivity contribution in [2.24, 2.45) is 84.6 Å². The molecule has 7 aromatic carbocycles. The fourth-order valence-electron chi connectivity index (χ4n) is 16.0. The molecule has 21 rings (SSSR count). The van der Waals surface area contributed by atoms with Crippen LogP contribution in [-0.4, -0.2) is 74.7 Å². The van der Waals surface area contributed by atoms with Crippen molar-refractivity contribution in [3.63, 3.8) is 0 Å². The van der Waals surface area contributed by atoms with Crippen LogP contribution >= 0.6 is 0 Å². The van der Waals surface area contributed by atoms with Gasteiger partial charge in [-0.1, -0.05) is 142 Å². The van der Waals surface area contributed by atoms with Crippen LogP contribution in [0.2, 0.25) is 0 Å². The lowest BCUT2D eigenvalue weighted by molar-refractivity contribution is 0.838. The van der Waals surface area contributed by atoms with Gasteiger partial charge in [-0.05, 0) is 109 Å². The molecule has 2 N–H and O–H groups in total. The van der Waals surface area contributed by atoms with Gasteiger partial charge in [0, 0.05) is 196 Å². The van der Waals surface area contributed by atoms with Gasteiger partial charge in [0.05, 0.1) is 60.7 Å². The number of aryl methyl sites for hydroxylation is 19. The van der Waals surface area contributed by atoms with Crippen LogP contribution in [0.25, 0.3) is 154 Å². The summed E-state index contributed by atoms with van der Waals surface area (Å²) in [6.45, 7) is 14.7. The summed E-state index contributed by atoms with van der Waals surface area (Å²) in [4.78, 5) is 16.0. The zero-order chi connectivity index (χ0) is 72.3. The van der Waals surface area contributed by atoms with Gasteiger partial charge in [0.1, 0.15) is 28.5 Å². The second-order valence-electron chi connectivity index (χ2n) is 28.0. The summed E-state index contributed by atoms with van der Waals surface area (Å²) in [5.74, 6) is 2.11. The van der Waals surface area contributed by atoms with Gasteiger partial charge in [0.25, 0.3) is 0 Å². The van der Waals surface area contributed by atoms with Crippen molar-refractivity contribution in [1.29, 1.82) is 0 Å². The Hall–Kier alpha value is -12.0. The maximum atomic E-state index is 4.60. The summed E-state index contributed by atoms with van der Waals surface area (Å²) in [5, 5.41) is 13.2. The van der Waals surface area contributed by atoms with Crippen LogP contribution in [0.4, 0.5) is 0 Å². The van der Waals surface area contributed by atoms with Crippen LogP contribution in [0.1, 0.15) is 55.0 Å². The Kier molecular flexibility index (Phi) is 18.8. The van der Waals surface area contributed by atoms with E-state index in [9.17, 15) is 0 Å². The van der Waals surface area contributed by atoms with Crippen LogP contribution in [0.5, 0.6) is 0 Å². The van der Waals surface area contributed by atoms with E-state index in [2.05, 4.69) is 394 Å². The lowest BCUT2D eigenvalue weighted by Gasteiger charge is -2.00. The quantitative estimate of drug-likeness (QED) is 0.157. The van der Waals surface area contributed by atoms with Gasteiger partial charge >= 0.3 is 0 Å². The summed E-state index contributed by atoms with van der Waals surface area (Å²) >= 11 is 0. The number of hydrogen-bond donors (Lipinski definition) is 2. The predicted octanol–water partition coefficient (Wildman–Crippen LogP) is 20.9. The number of fused-ring (bicyclic) bond motifs is 21. The zero-order valence-electron chi connectivity index (χ0n) is 62.8. The molecule has 0 aliphatic rings. The van der Waals surface area contributed by atoms with Crippen LogP contribution in [0.15, 0.2) is 200 Å². The second-order valence-corrected chi connectivity index (χ2v) is 28.0. The van der Waals surface area contributed by atoms with E-state index in [0.717, 1.165) is 22.8 Å². The SMILES string of the molecule is C.C.Cc1c2c(cn1C)c1ccccc1n2C.Cc1c2c3ccccc3n(C)c2cn1C.Cc1cc2c([nH]1)c1ccccc1n2C.Cc1cc2c(c3ccccc3n2C)n1C.Cc1cc2c3ccccc3n(C)c2[nH]1.Cc1nc2c(c3ccccc3n2C)n1C.Cc1nc2c3ccccc3n(C)c2n1C. The highest BCUT2D eigenvalue weighted by Gasteiger charge is 2.19. The number of rotatable bonds is 0. The minimum absolute atomic E-state index is 0. The van der Waals surface area contributed by atoms with Gasteiger partial charge in [-0.25, -0.2) is 9.97 Å². The molecule has 0 unspecified atom stereocenters. The molecule has 0 aliphatic heterocycles. The van der Waals surface area contributed by atoms with Gasteiger partial charge < -0.3 is 64.8 Å². The Bertz CT molecular complexity index is 6280. The molecule has 21 aromatic rings. The molecular formula is C89H100N16. The fraction of sp³-hybridized carbons (Fsp3) is 0.236. The standard InChI is InChI=1S/3C13H14N2.2C12H13N3.2C12H12N2.2CH4/c1-9-13-11(8-14(9)2)10-6-4-5-7-12(10)15(13)3;1-9-13-10-6-4-5-7-11(10)15(3)12(13)8-14(9)2;1-9-8-12-13(14(9)2)10-6-4-5-7-11(10)15(12)3;1-8-13-12-11(14(8)2)9-6-4-5-7-10(9)15(12)3;1-8-13-11-9-6-4-5-7-10(9)15(3)12(11)14(8)2;1-8-7-10-9-5-3-4-6-11(9)14(2)12(10)13-8;1-8-7-11-12(13-8)9-5-3-4-6-10(9)14(11)2;;/h3*4-8H,1-3H3;2*4-7H,1-3H3;2*3-7,13H,1-2H3;2*1H4. The van der Waals surface area contributed by atoms with Crippen LogP contribution in [0.3, 0.4) is 0 Å². The third-order valence-electron chi connectivity index (χ3n) is 21.9. The van der Waals surface area contributed by atoms with E-state index in [1.165, 1.54) is 171 Å². The Morgan fingerprint density at radius 2 is 0.724 bits per heavy atom. The molecule has 105 heavy (non-hydrogen) atoms. The van der Waals surface area contributed by atoms with Gasteiger partial charge in [0.2, 0.25) is 0 Å². The number of aromatic nitrogens is 16. The first kappa shape index (κ1) is 71.4. The van der Waals surface area contributed by atoms with Crippen molar-refractivity contribution in [1.82, 2.24) is 74.7 Å². The molecule has 16 nitrogen and oxygen atoms in total. The van der Waals surface area contributed by atoms with E-state index >= 15 is 0 Å². The molecule has 16 heteroatoms. The van der Waals surface area contributed by atoms with Crippen molar-refractivity contribution in [3.05, 3.63) is 241 Å². The first-order valence-electron chi connectivity index (χ1n) is 35.3. The molecule has 0 atom stereocenters. The highest BCUT2D eigenvalue weighted by atomic mass is 15.2. The topological polar surface area (TPSA) is 117 Å². The van der Waals surface area contributed by atoms with E-state index < -0.39 is 0 Å². The largest absolute Gasteiger partial charge is 0.357 e. The Balaban J connectivity index is 0.000000108. The number of nitrogens with one attached hydrogen (secondary N) is 2. The average molecular weight is 1390 g/mol. The molecule has 0 amide bonds. The molecule has 0 saturated heterocycles. The second kappa shape index (κ2) is 27.6. The summed E-state index contributed by atoms with van der Waals surface area (Å²) in [6.07, 6.45) is 4.41. The highest BCUT2D eigenvalue weighted by molar-refractivity contribution is 6.12. The summed E-state index contributed by atoms with van der Waals surface area (Å²) in [6, 6.07) is 66.1. The maximum Gasteiger partial charge on any atom is 0.159 e. The van der Waals surface area contributed by atoms with Gasteiger partial charge in [-0.3, -0.25) is 0 Å². The third-order valence-corrected chi connectivity index (χ3v) is 21.9. The third kappa shape index (κ3) is 11.6. The lowest BCUT2D eigenvalue weighted by atomic mass is 10.2. The Labute approximate surface area is 613 Å². The number of benzene rings is 7. The normalized spacial score (nSPS) is 11.4. The minimum atomic E-state index is 0. The minimum Gasteiger partial charge on any atom is -0.357 e. The number of nitrogens with zero attached hydrogens (tertiary/aromatic N) is 14.